The van der Waals surface area contributed by atoms with Gasteiger partial charge in [-0.15, -0.1) is 0 Å². The molecular weight excluding hydrogens is 226 g/mol. The molecule has 1 atom stereocenters. The smallest absolute Gasteiger partial charge is 0.144 e. The van der Waals surface area contributed by atoms with Crippen molar-refractivity contribution in [2.45, 2.75) is 25.3 Å². The molecule has 96 valence electrons. The van der Waals surface area contributed by atoms with Gasteiger partial charge in [0.1, 0.15) is 17.1 Å². The van der Waals surface area contributed by atoms with Gasteiger partial charge in [-0.2, -0.15) is 0 Å². The van der Waals surface area contributed by atoms with E-state index in [1.807, 2.05) is 18.3 Å². The molecule has 0 bridgehead atoms. The topological polar surface area (TPSA) is 29.8 Å². The molecule has 0 N–H and O–H groups in total. The fourth-order valence-corrected chi connectivity index (χ4v) is 2.84. The van der Waals surface area contributed by atoms with Gasteiger partial charge in [0.15, 0.2) is 0 Å². The third-order valence-corrected chi connectivity index (χ3v) is 3.85. The predicted octanol–water partition coefficient (Wildman–Crippen LogP) is 2.50. The molecule has 2 aromatic rings. The minimum atomic E-state index is 0.424. The Bertz CT molecular complexity index is 549. The van der Waals surface area contributed by atoms with Crippen LogP contribution in [0.5, 0.6) is 5.75 Å². The van der Waals surface area contributed by atoms with Crippen LogP contribution < -0.4 is 4.74 Å². The predicted molar refractivity (Wildman–Crippen MR) is 71.0 cm³/mol. The molecule has 3 heterocycles. The largest absolute Gasteiger partial charge is 0.494 e. The van der Waals surface area contributed by atoms with E-state index in [-0.39, 0.29) is 0 Å². The lowest BCUT2D eigenvalue weighted by molar-refractivity contribution is 0.179. The maximum Gasteiger partial charge on any atom is 0.144 e. The standard InChI is InChI=1S/C14H19N3O/c1-16-8-4-3-6-11(16)14-15-10-12-13(18-2)7-5-9-17(12)14/h5,7,9-11H,3-4,6,8H2,1-2H3. The van der Waals surface area contributed by atoms with E-state index in [4.69, 9.17) is 4.74 Å². The molecule has 4 heteroatoms. The van der Waals surface area contributed by atoms with Gasteiger partial charge in [-0.05, 0) is 38.6 Å². The molecule has 0 aromatic carbocycles. The maximum atomic E-state index is 5.38. The second kappa shape index (κ2) is 4.61. The minimum Gasteiger partial charge on any atom is -0.494 e. The summed E-state index contributed by atoms with van der Waals surface area (Å²) < 4.78 is 7.54. The zero-order valence-electron chi connectivity index (χ0n) is 11.0. The van der Waals surface area contributed by atoms with Crippen molar-refractivity contribution in [3.05, 3.63) is 30.4 Å². The van der Waals surface area contributed by atoms with Crippen LogP contribution in [0.1, 0.15) is 31.1 Å². The molecule has 1 unspecified atom stereocenters. The Kier molecular flexibility index (Phi) is 2.96. The number of piperidine rings is 1. The molecule has 4 nitrogen and oxygen atoms in total. The van der Waals surface area contributed by atoms with Crippen LogP contribution in [0, 0.1) is 0 Å². The highest BCUT2D eigenvalue weighted by Crippen LogP contribution is 2.30. The Morgan fingerprint density at radius 3 is 3.06 bits per heavy atom. The highest BCUT2D eigenvalue weighted by Gasteiger charge is 2.24. The molecular formula is C14H19N3O. The second-order valence-corrected chi connectivity index (χ2v) is 4.94. The summed E-state index contributed by atoms with van der Waals surface area (Å²) in [6, 6.07) is 4.42. The molecule has 1 aliphatic rings. The van der Waals surface area contributed by atoms with Gasteiger partial charge in [0.05, 0.1) is 19.3 Å². The Morgan fingerprint density at radius 1 is 1.39 bits per heavy atom. The quantitative estimate of drug-likeness (QED) is 0.814. The van der Waals surface area contributed by atoms with Crippen molar-refractivity contribution in [2.24, 2.45) is 0 Å². The molecule has 1 saturated heterocycles. The van der Waals surface area contributed by atoms with Gasteiger partial charge in [0.2, 0.25) is 0 Å². The van der Waals surface area contributed by atoms with Gasteiger partial charge in [-0.25, -0.2) is 4.98 Å². The molecule has 0 radical (unpaired) electrons. The zero-order valence-corrected chi connectivity index (χ0v) is 11.0. The van der Waals surface area contributed by atoms with Gasteiger partial charge in [0, 0.05) is 6.20 Å². The Balaban J connectivity index is 2.07. The molecule has 2 aromatic heterocycles. The first-order valence-electron chi connectivity index (χ1n) is 6.51. The molecule has 0 amide bonds. The van der Waals surface area contributed by atoms with Crippen LogP contribution in [0.2, 0.25) is 0 Å². The van der Waals surface area contributed by atoms with Crippen molar-refractivity contribution in [1.29, 1.82) is 0 Å². The van der Waals surface area contributed by atoms with E-state index in [9.17, 15) is 0 Å². The average Bonchev–Trinajstić information content (AvgIpc) is 2.83. The van der Waals surface area contributed by atoms with Gasteiger partial charge in [-0.3, -0.25) is 9.30 Å². The number of rotatable bonds is 2. The molecule has 1 fully saturated rings. The molecule has 18 heavy (non-hydrogen) atoms. The minimum absolute atomic E-state index is 0.424. The fourth-order valence-electron chi connectivity index (χ4n) is 2.84. The summed E-state index contributed by atoms with van der Waals surface area (Å²) in [6.07, 6.45) is 7.75. The van der Waals surface area contributed by atoms with E-state index in [2.05, 4.69) is 27.5 Å². The van der Waals surface area contributed by atoms with E-state index in [0.717, 1.165) is 23.6 Å². The van der Waals surface area contributed by atoms with Crippen LogP contribution in [-0.4, -0.2) is 35.0 Å². The van der Waals surface area contributed by atoms with Gasteiger partial charge in [0.25, 0.3) is 0 Å². The maximum absolute atomic E-state index is 5.38. The summed E-state index contributed by atoms with van der Waals surface area (Å²) in [7, 11) is 3.89. The van der Waals surface area contributed by atoms with Crippen LogP contribution in [0.15, 0.2) is 24.5 Å². The van der Waals surface area contributed by atoms with Crippen molar-refractivity contribution in [2.75, 3.05) is 20.7 Å². The van der Waals surface area contributed by atoms with E-state index in [1.54, 1.807) is 7.11 Å². The lowest BCUT2D eigenvalue weighted by Crippen LogP contribution is -2.30. The zero-order chi connectivity index (χ0) is 12.5. The van der Waals surface area contributed by atoms with Crippen molar-refractivity contribution in [3.8, 4) is 5.75 Å². The van der Waals surface area contributed by atoms with Crippen molar-refractivity contribution in [3.63, 3.8) is 0 Å². The average molecular weight is 245 g/mol. The molecule has 3 rings (SSSR count). The number of fused-ring (bicyclic) bond motifs is 1. The van der Waals surface area contributed by atoms with Crippen molar-refractivity contribution >= 4 is 5.52 Å². The highest BCUT2D eigenvalue weighted by molar-refractivity contribution is 5.59. The third-order valence-electron chi connectivity index (χ3n) is 3.85. The van der Waals surface area contributed by atoms with Crippen LogP contribution in [0.3, 0.4) is 0 Å². The normalized spacial score (nSPS) is 21.3. The number of hydrogen-bond acceptors (Lipinski definition) is 3. The SMILES string of the molecule is COc1cccn2c(C3CCCCN3C)ncc12. The van der Waals surface area contributed by atoms with E-state index in [0.29, 0.717) is 6.04 Å². The first-order chi connectivity index (χ1) is 8.81. The highest BCUT2D eigenvalue weighted by atomic mass is 16.5. The summed E-state index contributed by atoms with van der Waals surface area (Å²) in [5, 5.41) is 0. The number of nitrogens with zero attached hydrogens (tertiary/aromatic N) is 3. The van der Waals surface area contributed by atoms with Gasteiger partial charge >= 0.3 is 0 Å². The molecule has 0 spiro atoms. The van der Waals surface area contributed by atoms with E-state index in [1.165, 1.54) is 19.3 Å². The number of imidazole rings is 1. The molecule has 0 aliphatic carbocycles. The number of pyridine rings is 1. The third kappa shape index (κ3) is 1.77. The Labute approximate surface area is 107 Å². The van der Waals surface area contributed by atoms with Crippen LogP contribution in [0.4, 0.5) is 0 Å². The first kappa shape index (κ1) is 11.5. The molecule has 0 saturated carbocycles. The second-order valence-electron chi connectivity index (χ2n) is 4.94. The Hall–Kier alpha value is -1.55. The van der Waals surface area contributed by atoms with Crippen LogP contribution in [-0.2, 0) is 0 Å². The summed E-state index contributed by atoms with van der Waals surface area (Å²) >= 11 is 0. The summed E-state index contributed by atoms with van der Waals surface area (Å²) in [5.41, 5.74) is 1.05. The number of methoxy groups -OCH3 is 1. The molecule has 1 aliphatic heterocycles. The number of hydrogen-bond donors (Lipinski definition) is 0. The van der Waals surface area contributed by atoms with Crippen molar-refractivity contribution in [1.82, 2.24) is 14.3 Å². The van der Waals surface area contributed by atoms with Crippen molar-refractivity contribution < 1.29 is 4.74 Å². The van der Waals surface area contributed by atoms with Crippen LogP contribution >= 0.6 is 0 Å². The van der Waals surface area contributed by atoms with Crippen LogP contribution in [0.25, 0.3) is 5.52 Å². The number of aromatic nitrogens is 2. The van der Waals surface area contributed by atoms with Gasteiger partial charge < -0.3 is 4.74 Å². The van der Waals surface area contributed by atoms with Gasteiger partial charge in [-0.1, -0.05) is 6.42 Å². The number of ether oxygens (including phenoxy) is 1. The lowest BCUT2D eigenvalue weighted by Gasteiger charge is -2.31. The lowest BCUT2D eigenvalue weighted by atomic mass is 10.0. The number of likely N-dealkylation sites (tertiary alicyclic amines) is 1. The summed E-state index contributed by atoms with van der Waals surface area (Å²) in [4.78, 5) is 7.02. The fraction of sp³-hybridized carbons (Fsp3) is 0.500. The monoisotopic (exact) mass is 245 g/mol. The summed E-state index contributed by atoms with van der Waals surface area (Å²) in [5.74, 6) is 2.01. The van der Waals surface area contributed by atoms with E-state index >= 15 is 0 Å². The Morgan fingerprint density at radius 2 is 2.28 bits per heavy atom. The first-order valence-corrected chi connectivity index (χ1v) is 6.51. The summed E-state index contributed by atoms with van der Waals surface area (Å²) in [6.45, 7) is 1.16. The van der Waals surface area contributed by atoms with E-state index < -0.39 is 0 Å².